The van der Waals surface area contributed by atoms with Gasteiger partial charge in [-0.2, -0.15) is 10.5 Å². The van der Waals surface area contributed by atoms with Crippen molar-refractivity contribution in [3.05, 3.63) is 242 Å². The van der Waals surface area contributed by atoms with Crippen LogP contribution in [0.2, 0.25) is 0 Å². The molecular formula is C64H38N8. The first-order chi connectivity index (χ1) is 35.6. The van der Waals surface area contributed by atoms with E-state index in [0.717, 1.165) is 105 Å². The number of rotatable bonds is 8. The summed E-state index contributed by atoms with van der Waals surface area (Å²) < 4.78 is 4.67. The molecule has 8 heteroatoms. The lowest BCUT2D eigenvalue weighted by molar-refractivity contribution is 1.07. The SMILES string of the molecule is N#Cc1ccc(-c2ccc3c(c2)c2ccccc2n3-c2ccc(-c3nc(-c4ccccc4)nc(-c4ccccc4)n3)cc2-c2ncccc2-n2c3ccccc3c3cc(-c4ccc(C#N)cc4)ccc32)cc1. The van der Waals surface area contributed by atoms with E-state index >= 15 is 0 Å². The standard InChI is InChI=1S/C64H38N8/c65-39-41-21-25-43(26-22-41)47-29-32-57-52(36-47)50-16-7-9-18-55(50)71(57)59-34-31-49(64-69-62(45-12-3-1-4-13-45)68-63(70-64)46-14-5-2-6-15-46)38-54(59)61-60(20-11-35-67-61)72-56-19-10-8-17-51(56)53-37-48(30-33-58(53)72)44-27-23-42(40-66)24-28-44/h1-38H. The predicted molar refractivity (Wildman–Crippen MR) is 288 cm³/mol. The van der Waals surface area contributed by atoms with Crippen LogP contribution >= 0.6 is 0 Å². The van der Waals surface area contributed by atoms with Crippen molar-refractivity contribution in [3.8, 4) is 91.2 Å². The predicted octanol–water partition coefficient (Wildman–Crippen LogP) is 15.2. The highest BCUT2D eigenvalue weighted by Gasteiger charge is 2.23. The highest BCUT2D eigenvalue weighted by molar-refractivity contribution is 6.12. The molecule has 0 bridgehead atoms. The number of nitriles is 2. The summed E-state index contributed by atoms with van der Waals surface area (Å²) in [5, 5.41) is 23.5. The average molecular weight is 919 g/mol. The maximum Gasteiger partial charge on any atom is 0.164 e. The van der Waals surface area contributed by atoms with E-state index in [-0.39, 0.29) is 0 Å². The number of benzene rings is 9. The average Bonchev–Trinajstić information content (AvgIpc) is 3.97. The van der Waals surface area contributed by atoms with Gasteiger partial charge in [-0.15, -0.1) is 0 Å². The van der Waals surface area contributed by atoms with Gasteiger partial charge in [0.05, 0.1) is 62.4 Å². The van der Waals surface area contributed by atoms with Gasteiger partial charge in [0.15, 0.2) is 17.5 Å². The van der Waals surface area contributed by atoms with Crippen LogP contribution in [0.1, 0.15) is 11.1 Å². The lowest BCUT2D eigenvalue weighted by Gasteiger charge is -2.19. The molecular weight excluding hydrogens is 881 g/mol. The Balaban J connectivity index is 1.07. The van der Waals surface area contributed by atoms with Crippen molar-refractivity contribution in [2.45, 2.75) is 0 Å². The molecule has 0 unspecified atom stereocenters. The van der Waals surface area contributed by atoms with E-state index < -0.39 is 0 Å². The van der Waals surface area contributed by atoms with Crippen LogP contribution in [-0.4, -0.2) is 29.1 Å². The first kappa shape index (κ1) is 41.9. The number of aromatic nitrogens is 6. The number of nitrogens with zero attached hydrogens (tertiary/aromatic N) is 8. The molecule has 0 aliphatic carbocycles. The largest absolute Gasteiger partial charge is 0.309 e. The molecule has 0 amide bonds. The van der Waals surface area contributed by atoms with Crippen LogP contribution in [0.4, 0.5) is 0 Å². The molecule has 0 atom stereocenters. The van der Waals surface area contributed by atoms with Crippen LogP contribution in [0.3, 0.4) is 0 Å². The molecule has 4 aromatic heterocycles. The van der Waals surface area contributed by atoms with Crippen LogP contribution in [0.25, 0.3) is 123 Å². The van der Waals surface area contributed by atoms with E-state index in [1.54, 1.807) is 0 Å². The van der Waals surface area contributed by atoms with Crippen molar-refractivity contribution >= 4 is 43.6 Å². The Morgan fingerprint density at radius 3 is 1.26 bits per heavy atom. The lowest BCUT2D eigenvalue weighted by Crippen LogP contribution is -2.04. The van der Waals surface area contributed by atoms with Crippen LogP contribution in [0.5, 0.6) is 0 Å². The second kappa shape index (κ2) is 17.4. The molecule has 0 spiro atoms. The molecule has 0 saturated carbocycles. The fourth-order valence-electron chi connectivity index (χ4n) is 10.1. The quantitative estimate of drug-likeness (QED) is 0.150. The molecule has 13 aromatic rings. The molecule has 0 saturated heterocycles. The molecule has 0 radical (unpaired) electrons. The number of pyridine rings is 1. The highest BCUT2D eigenvalue weighted by atomic mass is 15.0. The Bertz CT molecular complexity index is 4270. The summed E-state index contributed by atoms with van der Waals surface area (Å²) in [5.41, 5.74) is 15.7. The molecule has 0 N–H and O–H groups in total. The van der Waals surface area contributed by atoms with Crippen molar-refractivity contribution in [2.75, 3.05) is 0 Å². The van der Waals surface area contributed by atoms with E-state index in [4.69, 9.17) is 19.9 Å². The zero-order valence-corrected chi connectivity index (χ0v) is 38.5. The second-order valence-electron chi connectivity index (χ2n) is 17.7. The lowest BCUT2D eigenvalue weighted by atomic mass is 10.0. The number of para-hydroxylation sites is 2. The van der Waals surface area contributed by atoms with Gasteiger partial charge < -0.3 is 9.13 Å². The van der Waals surface area contributed by atoms with E-state index in [1.165, 1.54) is 0 Å². The third-order valence-electron chi connectivity index (χ3n) is 13.5. The van der Waals surface area contributed by atoms with Gasteiger partial charge in [-0.05, 0) is 113 Å². The first-order valence-electron chi connectivity index (χ1n) is 23.7. The van der Waals surface area contributed by atoms with Crippen molar-refractivity contribution in [1.82, 2.24) is 29.1 Å². The van der Waals surface area contributed by atoms with Gasteiger partial charge in [-0.25, -0.2) is 15.0 Å². The number of hydrogen-bond donors (Lipinski definition) is 0. The Kier molecular flexibility index (Phi) is 10.1. The third kappa shape index (κ3) is 7.15. The molecule has 4 heterocycles. The van der Waals surface area contributed by atoms with Gasteiger partial charge in [0.25, 0.3) is 0 Å². The fourth-order valence-corrected chi connectivity index (χ4v) is 10.1. The second-order valence-corrected chi connectivity index (χ2v) is 17.7. The molecule has 13 rings (SSSR count). The van der Waals surface area contributed by atoms with Crippen LogP contribution in [-0.2, 0) is 0 Å². The van der Waals surface area contributed by atoms with Crippen molar-refractivity contribution in [1.29, 1.82) is 10.5 Å². The molecule has 334 valence electrons. The summed E-state index contributed by atoms with van der Waals surface area (Å²) in [6, 6.07) is 80.9. The zero-order chi connectivity index (χ0) is 48.1. The van der Waals surface area contributed by atoms with Gasteiger partial charge in [0.2, 0.25) is 0 Å². The highest BCUT2D eigenvalue weighted by Crippen LogP contribution is 2.43. The van der Waals surface area contributed by atoms with E-state index in [0.29, 0.717) is 28.6 Å². The maximum absolute atomic E-state index is 9.53. The number of hydrogen-bond acceptors (Lipinski definition) is 6. The minimum absolute atomic E-state index is 0.537. The van der Waals surface area contributed by atoms with Crippen LogP contribution in [0, 0.1) is 22.7 Å². The molecule has 8 nitrogen and oxygen atoms in total. The van der Waals surface area contributed by atoms with Crippen LogP contribution < -0.4 is 0 Å². The van der Waals surface area contributed by atoms with Gasteiger partial charge >= 0.3 is 0 Å². The van der Waals surface area contributed by atoms with E-state index in [2.05, 4.69) is 130 Å². The summed E-state index contributed by atoms with van der Waals surface area (Å²) in [6.45, 7) is 0. The summed E-state index contributed by atoms with van der Waals surface area (Å²) in [7, 11) is 0. The molecule has 0 aliphatic heterocycles. The Hall–Kier alpha value is -10.3. The third-order valence-corrected chi connectivity index (χ3v) is 13.5. The Labute approximate surface area is 414 Å². The molecule has 0 aliphatic rings. The molecule has 0 fully saturated rings. The summed E-state index contributed by atoms with van der Waals surface area (Å²) in [4.78, 5) is 20.7. The summed E-state index contributed by atoms with van der Waals surface area (Å²) in [5.74, 6) is 1.69. The first-order valence-corrected chi connectivity index (χ1v) is 23.7. The number of fused-ring (bicyclic) bond motifs is 6. The molecule has 9 aromatic carbocycles. The van der Waals surface area contributed by atoms with Gasteiger partial charge in [-0.3, -0.25) is 4.98 Å². The smallest absolute Gasteiger partial charge is 0.164 e. The van der Waals surface area contributed by atoms with Gasteiger partial charge in [0, 0.05) is 50.0 Å². The normalized spacial score (nSPS) is 11.3. The van der Waals surface area contributed by atoms with Crippen molar-refractivity contribution in [3.63, 3.8) is 0 Å². The van der Waals surface area contributed by atoms with Gasteiger partial charge in [0.1, 0.15) is 0 Å². The topological polar surface area (TPSA) is 109 Å². The van der Waals surface area contributed by atoms with Crippen molar-refractivity contribution in [2.24, 2.45) is 0 Å². The summed E-state index contributed by atoms with van der Waals surface area (Å²) >= 11 is 0. The van der Waals surface area contributed by atoms with E-state index in [9.17, 15) is 10.5 Å². The van der Waals surface area contributed by atoms with Crippen molar-refractivity contribution < 1.29 is 0 Å². The van der Waals surface area contributed by atoms with E-state index in [1.807, 2.05) is 121 Å². The van der Waals surface area contributed by atoms with Crippen LogP contribution in [0.15, 0.2) is 231 Å². The maximum atomic E-state index is 9.53. The van der Waals surface area contributed by atoms with Gasteiger partial charge in [-0.1, -0.05) is 133 Å². The minimum atomic E-state index is 0.537. The zero-order valence-electron chi connectivity index (χ0n) is 38.5. The minimum Gasteiger partial charge on any atom is -0.309 e. The summed E-state index contributed by atoms with van der Waals surface area (Å²) in [6.07, 6.45) is 1.87. The fraction of sp³-hybridized carbons (Fsp3) is 0. The molecule has 72 heavy (non-hydrogen) atoms. The monoisotopic (exact) mass is 918 g/mol. The Morgan fingerprint density at radius 1 is 0.319 bits per heavy atom. The Morgan fingerprint density at radius 2 is 0.750 bits per heavy atom.